The van der Waals surface area contributed by atoms with Gasteiger partial charge in [0.05, 0.1) is 29.9 Å². The summed E-state index contributed by atoms with van der Waals surface area (Å²) in [7, 11) is 0. The van der Waals surface area contributed by atoms with Crippen molar-refractivity contribution in [2.24, 2.45) is 0 Å². The summed E-state index contributed by atoms with van der Waals surface area (Å²) in [5.74, 6) is 0.579. The van der Waals surface area contributed by atoms with Gasteiger partial charge in [-0.05, 0) is 61.4 Å². The Morgan fingerprint density at radius 2 is 1.67 bits per heavy atom. The zero-order valence-electron chi connectivity index (χ0n) is 20.2. The molecule has 2 heterocycles. The summed E-state index contributed by atoms with van der Waals surface area (Å²) in [6.07, 6.45) is 3.55. The Hall–Kier alpha value is -4.71. The fourth-order valence-corrected chi connectivity index (χ4v) is 4.05. The average Bonchev–Trinajstić information content (AvgIpc) is 3.25. The van der Waals surface area contributed by atoms with E-state index in [4.69, 9.17) is 4.74 Å². The molecule has 0 bridgehead atoms. The summed E-state index contributed by atoms with van der Waals surface area (Å²) in [4.78, 5) is 18.1. The number of ether oxygens (including phenoxy) is 1. The quantitative estimate of drug-likeness (QED) is 0.222. The van der Waals surface area contributed by atoms with E-state index < -0.39 is 0 Å². The highest BCUT2D eigenvalue weighted by Gasteiger charge is 2.15. The Morgan fingerprint density at radius 1 is 0.972 bits per heavy atom. The lowest BCUT2D eigenvalue weighted by molar-refractivity contribution is -0.111. The number of rotatable bonds is 7. The van der Waals surface area contributed by atoms with Crippen molar-refractivity contribution in [1.82, 2.24) is 14.8 Å². The summed E-state index contributed by atoms with van der Waals surface area (Å²) in [5.41, 5.74) is 5.40. The monoisotopic (exact) mass is 474 g/mol. The maximum Gasteiger partial charge on any atom is 0.256 e. The molecule has 0 aliphatic rings. The number of fused-ring (bicyclic) bond motifs is 1. The van der Waals surface area contributed by atoms with E-state index >= 15 is 0 Å². The molecule has 1 amide bonds. The highest BCUT2D eigenvalue weighted by molar-refractivity contribution is 6.29. The zero-order chi connectivity index (χ0) is 24.9. The van der Waals surface area contributed by atoms with Crippen LogP contribution in [0, 0.1) is 6.92 Å². The third-order valence-corrected chi connectivity index (χ3v) is 5.80. The molecule has 5 aromatic rings. The van der Waals surface area contributed by atoms with Gasteiger partial charge in [-0.15, -0.1) is 0 Å². The second-order valence-corrected chi connectivity index (χ2v) is 8.31. The number of nitrogens with zero attached hydrogens (tertiary/aromatic N) is 3. The van der Waals surface area contributed by atoms with Gasteiger partial charge >= 0.3 is 0 Å². The predicted molar refractivity (Wildman–Crippen MR) is 144 cm³/mol. The summed E-state index contributed by atoms with van der Waals surface area (Å²) in [6, 6.07) is 29.1. The largest absolute Gasteiger partial charge is 0.494 e. The van der Waals surface area contributed by atoms with Gasteiger partial charge in [0.15, 0.2) is 5.65 Å². The van der Waals surface area contributed by atoms with Crippen molar-refractivity contribution in [1.29, 1.82) is 0 Å². The lowest BCUT2D eigenvalue weighted by Gasteiger charge is -2.11. The summed E-state index contributed by atoms with van der Waals surface area (Å²) >= 11 is 0. The van der Waals surface area contributed by atoms with Gasteiger partial charge in [-0.1, -0.05) is 60.7 Å². The van der Waals surface area contributed by atoms with Crippen LogP contribution >= 0.6 is 0 Å². The van der Waals surface area contributed by atoms with Gasteiger partial charge in [0.25, 0.3) is 5.91 Å². The third-order valence-electron chi connectivity index (χ3n) is 5.80. The fourth-order valence-electron chi connectivity index (χ4n) is 4.05. The summed E-state index contributed by atoms with van der Waals surface area (Å²) in [6.45, 7) is 4.50. The number of hydrogen-bond donors (Lipinski definition) is 1. The number of carbonyl (C=O) groups excluding carboxylic acids is 1. The smallest absolute Gasteiger partial charge is 0.256 e. The van der Waals surface area contributed by atoms with Crippen molar-refractivity contribution in [3.63, 3.8) is 0 Å². The molecule has 36 heavy (non-hydrogen) atoms. The van der Waals surface area contributed by atoms with Crippen molar-refractivity contribution in [2.45, 2.75) is 13.8 Å². The van der Waals surface area contributed by atoms with Gasteiger partial charge < -0.3 is 10.1 Å². The number of pyridine rings is 1. The number of aromatic nitrogens is 3. The highest BCUT2D eigenvalue weighted by Crippen LogP contribution is 2.25. The number of hydrogen-bond acceptors (Lipinski definition) is 4. The van der Waals surface area contributed by atoms with Crippen LogP contribution in [-0.2, 0) is 4.79 Å². The SMILES string of the molecule is CCOc1ccc(/C=C(/C(=O)Nc2cnc3c(c2)c(C)nn3-c2ccccc2)c2ccccc2)cc1. The Kier molecular flexibility index (Phi) is 6.58. The first-order chi connectivity index (χ1) is 17.6. The van der Waals surface area contributed by atoms with Gasteiger partial charge in [0.1, 0.15) is 5.75 Å². The third kappa shape index (κ3) is 4.88. The van der Waals surface area contributed by atoms with Crippen LogP contribution in [0.15, 0.2) is 97.2 Å². The van der Waals surface area contributed by atoms with E-state index in [2.05, 4.69) is 15.4 Å². The second-order valence-electron chi connectivity index (χ2n) is 8.31. The average molecular weight is 475 g/mol. The lowest BCUT2D eigenvalue weighted by atomic mass is 10.0. The Bertz CT molecular complexity index is 1520. The van der Waals surface area contributed by atoms with Crippen molar-refractivity contribution >= 4 is 34.3 Å². The molecule has 1 N–H and O–H groups in total. The van der Waals surface area contributed by atoms with Gasteiger partial charge in [-0.2, -0.15) is 5.10 Å². The van der Waals surface area contributed by atoms with Gasteiger partial charge in [0, 0.05) is 11.0 Å². The molecule has 0 unspecified atom stereocenters. The van der Waals surface area contributed by atoms with E-state index in [0.717, 1.165) is 39.3 Å². The molecule has 0 aliphatic heterocycles. The molecule has 0 spiro atoms. The van der Waals surface area contributed by atoms with Crippen LogP contribution in [0.2, 0.25) is 0 Å². The molecule has 0 radical (unpaired) electrons. The van der Waals surface area contributed by atoms with Crippen molar-refractivity contribution in [3.05, 3.63) is 114 Å². The second kappa shape index (κ2) is 10.3. The molecule has 0 saturated carbocycles. The molecule has 178 valence electrons. The summed E-state index contributed by atoms with van der Waals surface area (Å²) < 4.78 is 7.35. The van der Waals surface area contributed by atoms with Crippen LogP contribution in [0.3, 0.4) is 0 Å². The Labute approximate surface area is 209 Å². The van der Waals surface area contributed by atoms with Crippen LogP contribution in [0.4, 0.5) is 5.69 Å². The lowest BCUT2D eigenvalue weighted by Crippen LogP contribution is -2.14. The molecule has 6 nitrogen and oxygen atoms in total. The molecule has 0 saturated heterocycles. The maximum absolute atomic E-state index is 13.5. The van der Waals surface area contributed by atoms with Crippen LogP contribution in [0.25, 0.3) is 28.4 Å². The van der Waals surface area contributed by atoms with Gasteiger partial charge in [0.2, 0.25) is 0 Å². The van der Waals surface area contributed by atoms with E-state index in [-0.39, 0.29) is 5.91 Å². The number of benzene rings is 3. The normalized spacial score (nSPS) is 11.4. The van der Waals surface area contributed by atoms with Crippen LogP contribution in [0.5, 0.6) is 5.75 Å². The van der Waals surface area contributed by atoms with Crippen molar-refractivity contribution in [2.75, 3.05) is 11.9 Å². The summed E-state index contributed by atoms with van der Waals surface area (Å²) in [5, 5.41) is 8.57. The minimum Gasteiger partial charge on any atom is -0.494 e. The maximum atomic E-state index is 13.5. The number of anilines is 1. The number of aryl methyl sites for hydroxylation is 1. The van der Waals surface area contributed by atoms with Crippen molar-refractivity contribution < 1.29 is 9.53 Å². The molecule has 0 aliphatic carbocycles. The van der Waals surface area contributed by atoms with Crippen LogP contribution in [0.1, 0.15) is 23.7 Å². The number of carbonyl (C=O) groups is 1. The van der Waals surface area contributed by atoms with Gasteiger partial charge in [-0.25, -0.2) is 9.67 Å². The topological polar surface area (TPSA) is 69.0 Å². The minimum absolute atomic E-state index is 0.218. The van der Waals surface area contributed by atoms with E-state index in [1.165, 1.54) is 0 Å². The minimum atomic E-state index is -0.218. The standard InChI is InChI=1S/C30H26N4O2/c1-3-36-26-16-14-22(15-17-26)18-28(23-10-6-4-7-11-23)30(35)32-24-19-27-21(2)33-34(29(27)31-20-24)25-12-8-5-9-13-25/h4-20H,3H2,1-2H3,(H,32,35)/b28-18+. The van der Waals surface area contributed by atoms with Crippen LogP contribution < -0.4 is 10.1 Å². The molecule has 0 fully saturated rings. The molecule has 6 heteroatoms. The molecule has 0 atom stereocenters. The molecule has 3 aromatic carbocycles. The molecule has 5 rings (SSSR count). The molecular formula is C30H26N4O2. The number of para-hydroxylation sites is 1. The predicted octanol–water partition coefficient (Wildman–Crippen LogP) is 6.31. The molecule has 2 aromatic heterocycles. The van der Waals surface area contributed by atoms with Crippen molar-refractivity contribution in [3.8, 4) is 11.4 Å². The fraction of sp³-hybridized carbons (Fsp3) is 0.100. The Morgan fingerprint density at radius 3 is 2.36 bits per heavy atom. The number of amides is 1. The van der Waals surface area contributed by atoms with E-state index in [9.17, 15) is 4.79 Å². The first-order valence-corrected chi connectivity index (χ1v) is 11.8. The zero-order valence-corrected chi connectivity index (χ0v) is 20.2. The van der Waals surface area contributed by atoms with E-state index in [1.807, 2.05) is 116 Å². The van der Waals surface area contributed by atoms with Crippen LogP contribution in [-0.4, -0.2) is 27.3 Å². The number of nitrogens with one attached hydrogen (secondary N) is 1. The first kappa shape index (κ1) is 23.1. The van der Waals surface area contributed by atoms with Gasteiger partial charge in [-0.3, -0.25) is 4.79 Å². The van der Waals surface area contributed by atoms with E-state index in [0.29, 0.717) is 17.9 Å². The Balaban J connectivity index is 1.46. The first-order valence-electron chi connectivity index (χ1n) is 11.8. The molecular weight excluding hydrogens is 448 g/mol. The van der Waals surface area contributed by atoms with E-state index in [1.54, 1.807) is 6.20 Å². The highest BCUT2D eigenvalue weighted by atomic mass is 16.5.